The van der Waals surface area contributed by atoms with Crippen LogP contribution >= 0.6 is 0 Å². The SMILES string of the molecule is CC(C)CCN(C)C1CC12OC1(CCCCC1)CN(c1ccccc1)C2=O. The van der Waals surface area contributed by atoms with Crippen LogP contribution in [0, 0.1) is 5.92 Å². The quantitative estimate of drug-likeness (QED) is 0.777. The molecule has 2 unspecified atom stereocenters. The predicted octanol–water partition coefficient (Wildman–Crippen LogP) is 4.24. The van der Waals surface area contributed by atoms with Crippen LogP contribution in [0.3, 0.4) is 0 Å². The van der Waals surface area contributed by atoms with Crippen LogP contribution < -0.4 is 4.90 Å². The van der Waals surface area contributed by atoms with Gasteiger partial charge in [0.15, 0.2) is 5.60 Å². The minimum atomic E-state index is -0.628. The highest BCUT2D eigenvalue weighted by atomic mass is 16.5. The summed E-state index contributed by atoms with van der Waals surface area (Å²) in [7, 11) is 2.16. The van der Waals surface area contributed by atoms with E-state index in [9.17, 15) is 4.79 Å². The number of para-hydroxylation sites is 1. The van der Waals surface area contributed by atoms with Crippen molar-refractivity contribution in [3.63, 3.8) is 0 Å². The van der Waals surface area contributed by atoms with Crippen LogP contribution in [0.5, 0.6) is 0 Å². The van der Waals surface area contributed by atoms with Crippen LogP contribution in [0.1, 0.15) is 58.8 Å². The average Bonchev–Trinajstić information content (AvgIpc) is 3.39. The fourth-order valence-corrected chi connectivity index (χ4v) is 5.02. The zero-order valence-electron chi connectivity index (χ0n) is 17.1. The second-order valence-electron chi connectivity index (χ2n) is 9.35. The molecule has 4 nitrogen and oxygen atoms in total. The lowest BCUT2D eigenvalue weighted by atomic mass is 9.82. The smallest absolute Gasteiger partial charge is 0.261 e. The molecule has 1 aromatic carbocycles. The van der Waals surface area contributed by atoms with Gasteiger partial charge < -0.3 is 9.64 Å². The van der Waals surface area contributed by atoms with Crippen molar-refractivity contribution < 1.29 is 9.53 Å². The van der Waals surface area contributed by atoms with Gasteiger partial charge in [-0.2, -0.15) is 0 Å². The summed E-state index contributed by atoms with van der Waals surface area (Å²) < 4.78 is 6.79. The number of ether oxygens (including phenoxy) is 1. The van der Waals surface area contributed by atoms with Crippen LogP contribution in [0.25, 0.3) is 0 Å². The maximum absolute atomic E-state index is 13.6. The minimum Gasteiger partial charge on any atom is -0.355 e. The fourth-order valence-electron chi connectivity index (χ4n) is 5.02. The third kappa shape index (κ3) is 3.54. The number of carbonyl (C=O) groups excluding carboxylic acids is 1. The van der Waals surface area contributed by atoms with E-state index in [0.29, 0.717) is 12.5 Å². The number of carbonyl (C=O) groups is 1. The summed E-state index contributed by atoms with van der Waals surface area (Å²) in [6.45, 7) is 6.25. The lowest BCUT2D eigenvalue weighted by Gasteiger charge is -2.49. The van der Waals surface area contributed by atoms with Crippen molar-refractivity contribution in [1.29, 1.82) is 0 Å². The molecule has 27 heavy (non-hydrogen) atoms. The Morgan fingerprint density at radius 3 is 2.56 bits per heavy atom. The Balaban J connectivity index is 1.60. The Kier molecular flexibility index (Phi) is 5.06. The number of benzene rings is 1. The molecule has 3 fully saturated rings. The molecule has 2 aliphatic carbocycles. The zero-order chi connectivity index (χ0) is 19.1. The number of likely N-dealkylation sites (N-methyl/N-ethyl adjacent to an activating group) is 1. The number of hydrogen-bond donors (Lipinski definition) is 0. The average molecular weight is 371 g/mol. The maximum atomic E-state index is 13.6. The van der Waals surface area contributed by atoms with Gasteiger partial charge in [-0.1, -0.05) is 51.3 Å². The van der Waals surface area contributed by atoms with E-state index in [-0.39, 0.29) is 17.6 Å². The van der Waals surface area contributed by atoms with E-state index < -0.39 is 5.60 Å². The van der Waals surface area contributed by atoms with Gasteiger partial charge in [0.25, 0.3) is 5.91 Å². The van der Waals surface area contributed by atoms with Crippen LogP contribution in [0.4, 0.5) is 5.69 Å². The van der Waals surface area contributed by atoms with Crippen LogP contribution in [-0.4, -0.2) is 48.2 Å². The first-order valence-electron chi connectivity index (χ1n) is 10.7. The molecule has 1 aliphatic heterocycles. The van der Waals surface area contributed by atoms with Crippen LogP contribution in [-0.2, 0) is 9.53 Å². The fraction of sp³-hybridized carbons (Fsp3) is 0.696. The van der Waals surface area contributed by atoms with Gasteiger partial charge in [0.2, 0.25) is 0 Å². The van der Waals surface area contributed by atoms with E-state index >= 15 is 0 Å². The summed E-state index contributed by atoms with van der Waals surface area (Å²) >= 11 is 0. The number of rotatable bonds is 5. The Hall–Kier alpha value is -1.39. The largest absolute Gasteiger partial charge is 0.355 e. The second-order valence-corrected chi connectivity index (χ2v) is 9.35. The summed E-state index contributed by atoms with van der Waals surface area (Å²) in [6.07, 6.45) is 7.86. The van der Waals surface area contributed by atoms with Crippen molar-refractivity contribution in [3.8, 4) is 0 Å². The standard InChI is InChI=1S/C23H34N2O2/c1-18(2)12-15-24(3)20-16-23(20)21(26)25(19-10-6-4-7-11-19)17-22(27-23)13-8-5-9-14-22/h4,6-7,10-11,18,20H,5,8-9,12-17H2,1-3H3. The summed E-state index contributed by atoms with van der Waals surface area (Å²) in [4.78, 5) is 18.0. The Bertz CT molecular complexity index is 668. The highest BCUT2D eigenvalue weighted by molar-refractivity contribution is 6.03. The summed E-state index contributed by atoms with van der Waals surface area (Å²) in [5, 5.41) is 0. The highest BCUT2D eigenvalue weighted by Crippen LogP contribution is 2.53. The van der Waals surface area contributed by atoms with Gasteiger partial charge in [-0.25, -0.2) is 0 Å². The molecule has 3 aliphatic rings. The molecule has 0 radical (unpaired) electrons. The third-order valence-corrected chi connectivity index (χ3v) is 6.75. The van der Waals surface area contributed by atoms with Crippen molar-refractivity contribution in [2.75, 3.05) is 25.0 Å². The van der Waals surface area contributed by atoms with E-state index in [4.69, 9.17) is 4.74 Å². The van der Waals surface area contributed by atoms with Gasteiger partial charge in [0, 0.05) is 12.1 Å². The van der Waals surface area contributed by atoms with Gasteiger partial charge >= 0.3 is 0 Å². The highest BCUT2D eigenvalue weighted by Gasteiger charge is 2.69. The van der Waals surface area contributed by atoms with Crippen molar-refractivity contribution in [2.45, 2.75) is 76.0 Å². The molecular weight excluding hydrogens is 336 g/mol. The minimum absolute atomic E-state index is 0.157. The lowest BCUT2D eigenvalue weighted by Crippen LogP contribution is -2.62. The molecule has 1 heterocycles. The number of hydrogen-bond acceptors (Lipinski definition) is 3. The topological polar surface area (TPSA) is 32.8 Å². The normalized spacial score (nSPS) is 29.9. The Morgan fingerprint density at radius 1 is 1.19 bits per heavy atom. The van der Waals surface area contributed by atoms with Crippen molar-refractivity contribution in [2.24, 2.45) is 5.92 Å². The molecule has 148 valence electrons. The number of anilines is 1. The molecule has 2 saturated carbocycles. The molecule has 0 bridgehead atoms. The Labute approximate surface area is 163 Å². The van der Waals surface area contributed by atoms with Crippen molar-refractivity contribution >= 4 is 11.6 Å². The molecule has 4 heteroatoms. The second kappa shape index (κ2) is 7.21. The number of nitrogens with zero attached hydrogens (tertiary/aromatic N) is 2. The Morgan fingerprint density at radius 2 is 1.89 bits per heavy atom. The van der Waals surface area contributed by atoms with Gasteiger partial charge in [0.05, 0.1) is 18.2 Å². The summed E-state index contributed by atoms with van der Waals surface area (Å²) in [5.41, 5.74) is 0.234. The molecule has 4 rings (SSSR count). The number of morpholine rings is 1. The van der Waals surface area contributed by atoms with Gasteiger partial charge in [0.1, 0.15) is 0 Å². The first kappa shape index (κ1) is 18.9. The van der Waals surface area contributed by atoms with Crippen molar-refractivity contribution in [3.05, 3.63) is 30.3 Å². The van der Waals surface area contributed by atoms with E-state index in [2.05, 4.69) is 37.9 Å². The first-order valence-corrected chi connectivity index (χ1v) is 10.7. The van der Waals surface area contributed by atoms with Crippen molar-refractivity contribution in [1.82, 2.24) is 4.90 Å². The molecule has 0 N–H and O–H groups in total. The molecule has 2 atom stereocenters. The number of amides is 1. The van der Waals surface area contributed by atoms with E-state index in [0.717, 1.165) is 37.9 Å². The lowest BCUT2D eigenvalue weighted by molar-refractivity contribution is -0.172. The van der Waals surface area contributed by atoms with E-state index in [1.165, 1.54) is 19.3 Å². The van der Waals surface area contributed by atoms with Crippen LogP contribution in [0.15, 0.2) is 30.3 Å². The van der Waals surface area contributed by atoms with E-state index in [1.807, 2.05) is 23.1 Å². The molecule has 2 spiro atoms. The third-order valence-electron chi connectivity index (χ3n) is 6.75. The van der Waals surface area contributed by atoms with Gasteiger partial charge in [-0.3, -0.25) is 9.69 Å². The van der Waals surface area contributed by atoms with Gasteiger partial charge in [-0.05, 0) is 50.9 Å². The molecule has 0 aromatic heterocycles. The molecular formula is C23H34N2O2. The zero-order valence-corrected chi connectivity index (χ0v) is 17.1. The monoisotopic (exact) mass is 370 g/mol. The molecule has 1 aromatic rings. The summed E-state index contributed by atoms with van der Waals surface area (Å²) in [5.74, 6) is 0.849. The predicted molar refractivity (Wildman–Crippen MR) is 109 cm³/mol. The van der Waals surface area contributed by atoms with Crippen LogP contribution in [0.2, 0.25) is 0 Å². The molecule has 1 amide bonds. The maximum Gasteiger partial charge on any atom is 0.261 e. The van der Waals surface area contributed by atoms with Gasteiger partial charge in [-0.15, -0.1) is 0 Å². The summed E-state index contributed by atoms with van der Waals surface area (Å²) in [6, 6.07) is 10.4. The van der Waals surface area contributed by atoms with E-state index in [1.54, 1.807) is 0 Å². The molecule has 1 saturated heterocycles. The first-order chi connectivity index (χ1) is 13.0.